The van der Waals surface area contributed by atoms with Crippen LogP contribution in [0.2, 0.25) is 0 Å². The summed E-state index contributed by atoms with van der Waals surface area (Å²) in [6, 6.07) is 14.1. The van der Waals surface area contributed by atoms with Crippen molar-refractivity contribution in [3.8, 4) is 5.75 Å². The molecule has 0 aliphatic rings. The zero-order chi connectivity index (χ0) is 16.9. The molecular weight excluding hydrogens is 318 g/mol. The van der Waals surface area contributed by atoms with Crippen LogP contribution in [0.3, 0.4) is 0 Å². The number of rotatable bonds is 7. The maximum absolute atomic E-state index is 12.8. The van der Waals surface area contributed by atoms with Gasteiger partial charge in [-0.25, -0.2) is 8.42 Å². The van der Waals surface area contributed by atoms with Crippen molar-refractivity contribution in [1.82, 2.24) is 0 Å². The van der Waals surface area contributed by atoms with E-state index in [1.54, 1.807) is 30.3 Å². The van der Waals surface area contributed by atoms with Gasteiger partial charge in [-0.1, -0.05) is 24.3 Å². The number of hydrogen-bond donors (Lipinski definition) is 1. The second-order valence-electron chi connectivity index (χ2n) is 4.65. The first-order valence-corrected chi connectivity index (χ1v) is 8.41. The molecule has 23 heavy (non-hydrogen) atoms. The standard InChI is InChI=1S/C16H17NO5S/c1-2-22-14-8-6-7-13(11-14)17(12-16(18)19)23(20,21)15-9-4-3-5-10-15/h3-11H,2,12H2,1H3,(H,18,19). The summed E-state index contributed by atoms with van der Waals surface area (Å²) in [4.78, 5) is 11.2. The lowest BCUT2D eigenvalue weighted by Gasteiger charge is -2.23. The van der Waals surface area contributed by atoms with Crippen LogP contribution in [0.1, 0.15) is 6.92 Å². The van der Waals surface area contributed by atoms with Gasteiger partial charge < -0.3 is 9.84 Å². The molecule has 0 amide bonds. The number of sulfonamides is 1. The van der Waals surface area contributed by atoms with Crippen molar-refractivity contribution in [2.75, 3.05) is 17.5 Å². The van der Waals surface area contributed by atoms with E-state index in [1.807, 2.05) is 6.92 Å². The number of carboxylic acids is 1. The molecule has 7 heteroatoms. The molecule has 1 N–H and O–H groups in total. The van der Waals surface area contributed by atoms with Crippen molar-refractivity contribution in [1.29, 1.82) is 0 Å². The average Bonchev–Trinajstić information content (AvgIpc) is 2.54. The molecule has 2 rings (SSSR count). The van der Waals surface area contributed by atoms with Gasteiger partial charge in [0.1, 0.15) is 12.3 Å². The van der Waals surface area contributed by atoms with Crippen molar-refractivity contribution >= 4 is 21.7 Å². The SMILES string of the molecule is CCOc1cccc(N(CC(=O)O)S(=O)(=O)c2ccccc2)c1. The highest BCUT2D eigenvalue weighted by atomic mass is 32.2. The van der Waals surface area contributed by atoms with Gasteiger partial charge in [0.25, 0.3) is 10.0 Å². The van der Waals surface area contributed by atoms with Gasteiger partial charge in [-0.2, -0.15) is 0 Å². The topological polar surface area (TPSA) is 83.9 Å². The van der Waals surface area contributed by atoms with E-state index in [0.29, 0.717) is 12.4 Å². The molecule has 0 bridgehead atoms. The van der Waals surface area contributed by atoms with Gasteiger partial charge in [0.15, 0.2) is 0 Å². The van der Waals surface area contributed by atoms with E-state index in [1.165, 1.54) is 24.3 Å². The Morgan fingerprint density at radius 3 is 2.43 bits per heavy atom. The Labute approximate surface area is 135 Å². The molecule has 0 aromatic heterocycles. The van der Waals surface area contributed by atoms with Gasteiger partial charge in [-0.3, -0.25) is 9.10 Å². The van der Waals surface area contributed by atoms with Crippen LogP contribution in [0.25, 0.3) is 0 Å². The van der Waals surface area contributed by atoms with Gasteiger partial charge in [0, 0.05) is 6.07 Å². The van der Waals surface area contributed by atoms with E-state index in [2.05, 4.69) is 0 Å². The summed E-state index contributed by atoms with van der Waals surface area (Å²) in [5.74, 6) is -0.769. The third-order valence-electron chi connectivity index (χ3n) is 3.03. The molecule has 0 aliphatic heterocycles. The predicted octanol–water partition coefficient (Wildman–Crippen LogP) is 2.37. The molecule has 0 saturated heterocycles. The summed E-state index contributed by atoms with van der Waals surface area (Å²) in [7, 11) is -3.98. The molecule has 0 aliphatic carbocycles. The van der Waals surface area contributed by atoms with Crippen LogP contribution in [0, 0.1) is 0 Å². The molecule has 122 valence electrons. The third kappa shape index (κ3) is 4.01. The molecular formula is C16H17NO5S. The monoisotopic (exact) mass is 335 g/mol. The van der Waals surface area contributed by atoms with Gasteiger partial charge in [-0.15, -0.1) is 0 Å². The maximum atomic E-state index is 12.8. The second-order valence-corrected chi connectivity index (χ2v) is 6.51. The fourth-order valence-electron chi connectivity index (χ4n) is 2.05. The Morgan fingerprint density at radius 2 is 1.83 bits per heavy atom. The van der Waals surface area contributed by atoms with E-state index in [0.717, 1.165) is 4.31 Å². The van der Waals surface area contributed by atoms with Gasteiger partial charge in [0.05, 0.1) is 17.2 Å². The summed E-state index contributed by atoms with van der Waals surface area (Å²) in [6.07, 6.45) is 0. The molecule has 0 heterocycles. The highest BCUT2D eigenvalue weighted by molar-refractivity contribution is 7.92. The summed E-state index contributed by atoms with van der Waals surface area (Å²) in [5.41, 5.74) is 0.238. The average molecular weight is 335 g/mol. The Balaban J connectivity index is 2.49. The van der Waals surface area contributed by atoms with E-state index in [9.17, 15) is 13.2 Å². The predicted molar refractivity (Wildman–Crippen MR) is 86.2 cm³/mol. The number of carbonyl (C=O) groups is 1. The Kier molecular flexibility index (Phi) is 5.23. The lowest BCUT2D eigenvalue weighted by Crippen LogP contribution is -2.35. The van der Waals surface area contributed by atoms with Crippen LogP contribution in [0.5, 0.6) is 5.75 Å². The quantitative estimate of drug-likeness (QED) is 0.840. The van der Waals surface area contributed by atoms with Crippen molar-refractivity contribution < 1.29 is 23.1 Å². The maximum Gasteiger partial charge on any atom is 0.324 e. The summed E-state index contributed by atoms with van der Waals surface area (Å²) < 4.78 is 31.7. The van der Waals surface area contributed by atoms with Gasteiger partial charge in [0.2, 0.25) is 0 Å². The normalized spacial score (nSPS) is 11.0. The minimum Gasteiger partial charge on any atom is -0.494 e. The Hall–Kier alpha value is -2.54. The van der Waals surface area contributed by atoms with E-state index < -0.39 is 22.5 Å². The highest BCUT2D eigenvalue weighted by Crippen LogP contribution is 2.26. The number of carboxylic acid groups (broad SMARTS) is 1. The lowest BCUT2D eigenvalue weighted by molar-refractivity contribution is -0.135. The van der Waals surface area contributed by atoms with Crippen molar-refractivity contribution in [2.45, 2.75) is 11.8 Å². The summed E-state index contributed by atoms with van der Waals surface area (Å²) >= 11 is 0. The molecule has 0 spiro atoms. The number of hydrogen-bond acceptors (Lipinski definition) is 4. The minimum atomic E-state index is -3.98. The smallest absolute Gasteiger partial charge is 0.324 e. The lowest BCUT2D eigenvalue weighted by atomic mass is 10.3. The number of aliphatic carboxylic acids is 1. The van der Waals surface area contributed by atoms with Gasteiger partial charge >= 0.3 is 5.97 Å². The van der Waals surface area contributed by atoms with E-state index in [4.69, 9.17) is 9.84 Å². The van der Waals surface area contributed by atoms with Crippen LogP contribution in [-0.4, -0.2) is 32.6 Å². The molecule has 0 saturated carbocycles. The van der Waals surface area contributed by atoms with Crippen molar-refractivity contribution in [3.05, 3.63) is 54.6 Å². The zero-order valence-electron chi connectivity index (χ0n) is 12.5. The fourth-order valence-corrected chi connectivity index (χ4v) is 3.48. The van der Waals surface area contributed by atoms with Crippen molar-refractivity contribution in [3.63, 3.8) is 0 Å². The number of nitrogens with zero attached hydrogens (tertiary/aromatic N) is 1. The molecule has 0 fully saturated rings. The Bertz CT molecular complexity index is 774. The molecule has 6 nitrogen and oxygen atoms in total. The van der Waals surface area contributed by atoms with Crippen LogP contribution in [-0.2, 0) is 14.8 Å². The first-order valence-electron chi connectivity index (χ1n) is 6.97. The molecule has 0 atom stereocenters. The first kappa shape index (κ1) is 16.8. The number of ether oxygens (including phenoxy) is 1. The van der Waals surface area contributed by atoms with Crippen LogP contribution in [0.4, 0.5) is 5.69 Å². The molecule has 2 aromatic rings. The minimum absolute atomic E-state index is 0.0306. The van der Waals surface area contributed by atoms with Crippen LogP contribution in [0.15, 0.2) is 59.5 Å². The third-order valence-corrected chi connectivity index (χ3v) is 4.81. The van der Waals surface area contributed by atoms with E-state index >= 15 is 0 Å². The van der Waals surface area contributed by atoms with Crippen LogP contribution < -0.4 is 9.04 Å². The largest absolute Gasteiger partial charge is 0.494 e. The van der Waals surface area contributed by atoms with Crippen LogP contribution >= 0.6 is 0 Å². The summed E-state index contributed by atoms with van der Waals surface area (Å²) in [6.45, 7) is 1.56. The summed E-state index contributed by atoms with van der Waals surface area (Å²) in [5, 5.41) is 9.09. The number of benzene rings is 2. The Morgan fingerprint density at radius 1 is 1.13 bits per heavy atom. The zero-order valence-corrected chi connectivity index (χ0v) is 13.4. The highest BCUT2D eigenvalue weighted by Gasteiger charge is 2.27. The molecule has 0 unspecified atom stereocenters. The molecule has 0 radical (unpaired) electrons. The second kappa shape index (κ2) is 7.15. The number of anilines is 1. The molecule has 2 aromatic carbocycles. The first-order chi connectivity index (χ1) is 10.9. The fraction of sp³-hybridized carbons (Fsp3) is 0.188. The van der Waals surface area contributed by atoms with Gasteiger partial charge in [-0.05, 0) is 31.2 Å². The van der Waals surface area contributed by atoms with E-state index in [-0.39, 0.29) is 10.6 Å². The van der Waals surface area contributed by atoms with Crippen molar-refractivity contribution in [2.24, 2.45) is 0 Å².